The molecule has 0 unspecified atom stereocenters. The summed E-state index contributed by atoms with van der Waals surface area (Å²) in [7, 11) is 0. The summed E-state index contributed by atoms with van der Waals surface area (Å²) in [6.07, 6.45) is 1.44. The summed E-state index contributed by atoms with van der Waals surface area (Å²) < 4.78 is 1.34. The highest BCUT2D eigenvalue weighted by Crippen LogP contribution is 2.24. The molecule has 0 atom stereocenters. The third-order valence-electron chi connectivity index (χ3n) is 4.00. The standard InChI is InChI=1S/C19H15Cl2N3O3/c1-11(25)12-2-4-14(5-3-12)23-17(26)6-7-24-10-22-18-15(19(24)27)8-13(20)9-16(18)21/h2-5,8-10H,6-7H2,1H3,(H,23,26). The van der Waals surface area contributed by atoms with E-state index in [2.05, 4.69) is 10.3 Å². The summed E-state index contributed by atoms with van der Waals surface area (Å²) in [4.78, 5) is 40.1. The van der Waals surface area contributed by atoms with E-state index in [4.69, 9.17) is 23.2 Å². The zero-order valence-corrected chi connectivity index (χ0v) is 15.8. The number of fused-ring (bicyclic) bond motifs is 1. The number of ketones is 1. The maximum Gasteiger partial charge on any atom is 0.261 e. The van der Waals surface area contributed by atoms with Crippen LogP contribution >= 0.6 is 23.2 Å². The molecule has 0 bridgehead atoms. The van der Waals surface area contributed by atoms with Crippen LogP contribution in [-0.4, -0.2) is 21.2 Å². The molecule has 0 aliphatic carbocycles. The average Bonchev–Trinajstić information content (AvgIpc) is 2.62. The van der Waals surface area contributed by atoms with Gasteiger partial charge in [0.2, 0.25) is 5.91 Å². The molecule has 0 aliphatic rings. The average molecular weight is 404 g/mol. The van der Waals surface area contributed by atoms with Crippen LogP contribution in [0, 0.1) is 0 Å². The highest BCUT2D eigenvalue weighted by molar-refractivity contribution is 6.38. The Bertz CT molecular complexity index is 1090. The number of Topliss-reactive ketones (excluding diaryl/α,β-unsaturated/α-hetero) is 1. The molecule has 0 saturated heterocycles. The van der Waals surface area contributed by atoms with Crippen molar-refractivity contribution >= 4 is 51.5 Å². The smallest absolute Gasteiger partial charge is 0.261 e. The second kappa shape index (κ2) is 7.90. The highest BCUT2D eigenvalue weighted by atomic mass is 35.5. The van der Waals surface area contributed by atoms with Crippen LogP contribution in [0.25, 0.3) is 10.9 Å². The van der Waals surface area contributed by atoms with Gasteiger partial charge in [-0.15, -0.1) is 0 Å². The fraction of sp³-hybridized carbons (Fsp3) is 0.158. The van der Waals surface area contributed by atoms with E-state index in [1.807, 2.05) is 0 Å². The SMILES string of the molecule is CC(=O)c1ccc(NC(=O)CCn2cnc3c(Cl)cc(Cl)cc3c2=O)cc1. The number of nitrogens with zero attached hydrogens (tertiary/aromatic N) is 2. The van der Waals surface area contributed by atoms with Crippen LogP contribution < -0.4 is 10.9 Å². The quantitative estimate of drug-likeness (QED) is 0.654. The molecule has 2 aromatic carbocycles. The van der Waals surface area contributed by atoms with Gasteiger partial charge in [-0.3, -0.25) is 19.0 Å². The Morgan fingerprint density at radius 1 is 1.15 bits per heavy atom. The van der Waals surface area contributed by atoms with Gasteiger partial charge in [0.1, 0.15) is 0 Å². The lowest BCUT2D eigenvalue weighted by atomic mass is 10.1. The van der Waals surface area contributed by atoms with Crippen LogP contribution in [-0.2, 0) is 11.3 Å². The molecule has 1 N–H and O–H groups in total. The van der Waals surface area contributed by atoms with Crippen molar-refractivity contribution in [2.75, 3.05) is 5.32 Å². The Kier molecular flexibility index (Phi) is 5.58. The first kappa shape index (κ1) is 19.1. The zero-order chi connectivity index (χ0) is 19.6. The van der Waals surface area contributed by atoms with Crippen molar-refractivity contribution in [3.8, 4) is 0 Å². The monoisotopic (exact) mass is 403 g/mol. The number of aryl methyl sites for hydroxylation is 1. The Morgan fingerprint density at radius 2 is 1.85 bits per heavy atom. The van der Waals surface area contributed by atoms with E-state index in [0.717, 1.165) is 0 Å². The number of aromatic nitrogens is 2. The Labute approximate surface area is 164 Å². The van der Waals surface area contributed by atoms with Crippen LogP contribution in [0.5, 0.6) is 0 Å². The normalized spacial score (nSPS) is 10.8. The van der Waals surface area contributed by atoms with Gasteiger partial charge in [-0.2, -0.15) is 0 Å². The lowest BCUT2D eigenvalue weighted by Gasteiger charge is -2.09. The van der Waals surface area contributed by atoms with Crippen LogP contribution in [0.3, 0.4) is 0 Å². The van der Waals surface area contributed by atoms with Crippen molar-refractivity contribution in [1.29, 1.82) is 0 Å². The third kappa shape index (κ3) is 4.35. The van der Waals surface area contributed by atoms with Crippen molar-refractivity contribution in [3.63, 3.8) is 0 Å². The fourth-order valence-corrected chi connectivity index (χ4v) is 3.13. The maximum absolute atomic E-state index is 12.5. The molecule has 138 valence electrons. The van der Waals surface area contributed by atoms with Gasteiger partial charge < -0.3 is 5.32 Å². The van der Waals surface area contributed by atoms with Gasteiger partial charge in [0.15, 0.2) is 5.78 Å². The summed E-state index contributed by atoms with van der Waals surface area (Å²) in [6, 6.07) is 9.62. The molecule has 0 fully saturated rings. The number of anilines is 1. The first-order valence-corrected chi connectivity index (χ1v) is 8.86. The number of carbonyl (C=O) groups excluding carboxylic acids is 2. The molecule has 8 heteroatoms. The number of hydrogen-bond donors (Lipinski definition) is 1. The molecular weight excluding hydrogens is 389 g/mol. The number of hydrogen-bond acceptors (Lipinski definition) is 4. The Balaban J connectivity index is 1.71. The maximum atomic E-state index is 12.5. The fourth-order valence-electron chi connectivity index (χ4n) is 2.59. The molecule has 0 aliphatic heterocycles. The van der Waals surface area contributed by atoms with Crippen LogP contribution in [0.1, 0.15) is 23.7 Å². The first-order valence-electron chi connectivity index (χ1n) is 8.10. The van der Waals surface area contributed by atoms with E-state index >= 15 is 0 Å². The number of carbonyl (C=O) groups is 2. The number of amides is 1. The lowest BCUT2D eigenvalue weighted by molar-refractivity contribution is -0.116. The van der Waals surface area contributed by atoms with E-state index in [1.54, 1.807) is 24.3 Å². The number of halogens is 2. The largest absolute Gasteiger partial charge is 0.326 e. The minimum Gasteiger partial charge on any atom is -0.326 e. The van der Waals surface area contributed by atoms with Gasteiger partial charge in [0, 0.05) is 29.2 Å². The topological polar surface area (TPSA) is 81.1 Å². The summed E-state index contributed by atoms with van der Waals surface area (Å²) in [5.74, 6) is -0.307. The van der Waals surface area contributed by atoms with Gasteiger partial charge >= 0.3 is 0 Å². The molecule has 0 saturated carbocycles. The minimum atomic E-state index is -0.317. The summed E-state index contributed by atoms with van der Waals surface area (Å²) in [6.45, 7) is 1.63. The van der Waals surface area contributed by atoms with Gasteiger partial charge in [-0.25, -0.2) is 4.98 Å². The molecule has 3 aromatic rings. The third-order valence-corrected chi connectivity index (χ3v) is 4.51. The van der Waals surface area contributed by atoms with Crippen molar-refractivity contribution in [2.24, 2.45) is 0 Å². The Hall–Kier alpha value is -2.70. The molecular formula is C19H15Cl2N3O3. The minimum absolute atomic E-state index is 0.0451. The predicted octanol–water partition coefficient (Wildman–Crippen LogP) is 3.93. The lowest BCUT2D eigenvalue weighted by Crippen LogP contribution is -2.23. The van der Waals surface area contributed by atoms with E-state index in [-0.39, 0.29) is 30.2 Å². The second-order valence-electron chi connectivity index (χ2n) is 5.96. The van der Waals surface area contributed by atoms with E-state index in [0.29, 0.717) is 32.2 Å². The van der Waals surface area contributed by atoms with Gasteiger partial charge in [-0.05, 0) is 43.3 Å². The predicted molar refractivity (Wildman–Crippen MR) is 106 cm³/mol. The summed E-state index contributed by atoms with van der Waals surface area (Å²) >= 11 is 12.0. The van der Waals surface area contributed by atoms with Crippen LogP contribution in [0.15, 0.2) is 47.5 Å². The van der Waals surface area contributed by atoms with E-state index < -0.39 is 0 Å². The summed E-state index contributed by atoms with van der Waals surface area (Å²) in [5, 5.41) is 3.67. The second-order valence-corrected chi connectivity index (χ2v) is 6.80. The number of rotatable bonds is 5. The van der Waals surface area contributed by atoms with Gasteiger partial charge in [0.25, 0.3) is 5.56 Å². The van der Waals surface area contributed by atoms with Gasteiger partial charge in [0.05, 0.1) is 22.3 Å². The van der Waals surface area contributed by atoms with E-state index in [9.17, 15) is 14.4 Å². The zero-order valence-electron chi connectivity index (χ0n) is 14.3. The molecule has 27 heavy (non-hydrogen) atoms. The van der Waals surface area contributed by atoms with Crippen molar-refractivity contribution in [3.05, 3.63) is 68.7 Å². The van der Waals surface area contributed by atoms with Crippen molar-refractivity contribution in [1.82, 2.24) is 9.55 Å². The van der Waals surface area contributed by atoms with Crippen molar-refractivity contribution in [2.45, 2.75) is 19.9 Å². The molecule has 1 amide bonds. The van der Waals surface area contributed by atoms with Gasteiger partial charge in [-0.1, -0.05) is 23.2 Å². The Morgan fingerprint density at radius 3 is 2.52 bits per heavy atom. The molecule has 0 spiro atoms. The molecule has 0 radical (unpaired) electrons. The summed E-state index contributed by atoms with van der Waals surface area (Å²) in [5.41, 5.74) is 1.20. The number of benzene rings is 2. The van der Waals surface area contributed by atoms with Crippen molar-refractivity contribution < 1.29 is 9.59 Å². The molecule has 1 heterocycles. The number of nitrogens with one attached hydrogen (secondary N) is 1. The highest BCUT2D eigenvalue weighted by Gasteiger charge is 2.10. The molecule has 1 aromatic heterocycles. The van der Waals surface area contributed by atoms with Crippen LogP contribution in [0.4, 0.5) is 5.69 Å². The molecule has 3 rings (SSSR count). The van der Waals surface area contributed by atoms with E-state index in [1.165, 1.54) is 30.0 Å². The molecule has 6 nitrogen and oxygen atoms in total. The first-order chi connectivity index (χ1) is 12.8. The van der Waals surface area contributed by atoms with Crippen LogP contribution in [0.2, 0.25) is 10.0 Å².